The highest BCUT2D eigenvalue weighted by Crippen LogP contribution is 2.36. The van der Waals surface area contributed by atoms with Crippen molar-refractivity contribution in [3.8, 4) is 0 Å². The third-order valence-electron chi connectivity index (χ3n) is 4.97. The molecule has 0 aliphatic carbocycles. The Kier molecular flexibility index (Phi) is 4.66. The first-order chi connectivity index (χ1) is 10.6. The summed E-state index contributed by atoms with van der Waals surface area (Å²) in [6.07, 6.45) is 4.35. The molecule has 3 aliphatic heterocycles. The quantitative estimate of drug-likeness (QED) is 0.816. The molecule has 120 valence electrons. The highest BCUT2D eigenvalue weighted by Gasteiger charge is 2.38. The van der Waals surface area contributed by atoms with E-state index in [0.29, 0.717) is 24.4 Å². The van der Waals surface area contributed by atoms with E-state index in [2.05, 4.69) is 22.3 Å². The molecule has 3 saturated heterocycles. The Bertz CT molecular complexity index is 615. The zero-order valence-electron chi connectivity index (χ0n) is 12.8. The zero-order valence-corrected chi connectivity index (χ0v) is 13.6. The van der Waals surface area contributed by atoms with Crippen molar-refractivity contribution in [2.45, 2.75) is 24.6 Å². The molecular weight excluding hydrogens is 296 g/mol. The van der Waals surface area contributed by atoms with Gasteiger partial charge in [0.25, 0.3) is 0 Å². The van der Waals surface area contributed by atoms with Gasteiger partial charge in [0.2, 0.25) is 10.0 Å². The molecule has 4 unspecified atom stereocenters. The molecule has 0 radical (unpaired) electrons. The van der Waals surface area contributed by atoms with E-state index in [9.17, 15) is 8.42 Å². The first-order valence-corrected chi connectivity index (χ1v) is 9.60. The van der Waals surface area contributed by atoms with Crippen LogP contribution >= 0.6 is 0 Å². The van der Waals surface area contributed by atoms with Crippen molar-refractivity contribution in [3.63, 3.8) is 0 Å². The van der Waals surface area contributed by atoms with Gasteiger partial charge in [-0.1, -0.05) is 36.4 Å². The summed E-state index contributed by atoms with van der Waals surface area (Å²) in [4.78, 5) is 2.41. The number of hydrogen-bond acceptors (Lipinski definition) is 3. The van der Waals surface area contributed by atoms with Crippen molar-refractivity contribution >= 4 is 10.0 Å². The van der Waals surface area contributed by atoms with E-state index >= 15 is 0 Å². The summed E-state index contributed by atoms with van der Waals surface area (Å²) >= 11 is 0. The second-order valence-electron chi connectivity index (χ2n) is 6.43. The van der Waals surface area contributed by atoms with Crippen LogP contribution in [0.4, 0.5) is 0 Å². The minimum absolute atomic E-state index is 0.0548. The standard InChI is InChI=1S/C17H24N2O2S/c1-2-15-12-19-9-8-16(15)10-17(19)11-18-22(20,21)13-14-6-4-3-5-7-14/h2-7,15-18H,1,8-13H2. The Morgan fingerprint density at radius 2 is 2.09 bits per heavy atom. The Hall–Kier alpha value is -1.17. The smallest absolute Gasteiger partial charge is 0.215 e. The van der Waals surface area contributed by atoms with Gasteiger partial charge in [0.15, 0.2) is 0 Å². The zero-order chi connectivity index (χ0) is 15.6. The molecule has 0 aromatic heterocycles. The summed E-state index contributed by atoms with van der Waals surface area (Å²) in [5, 5.41) is 0. The number of sulfonamides is 1. The number of nitrogens with one attached hydrogen (secondary N) is 1. The molecule has 0 amide bonds. The fourth-order valence-corrected chi connectivity index (χ4v) is 4.91. The van der Waals surface area contributed by atoms with Crippen LogP contribution in [0.2, 0.25) is 0 Å². The number of rotatable bonds is 6. The van der Waals surface area contributed by atoms with Crippen molar-refractivity contribution in [2.24, 2.45) is 11.8 Å². The summed E-state index contributed by atoms with van der Waals surface area (Å²) in [5.74, 6) is 1.30. The first-order valence-electron chi connectivity index (χ1n) is 7.95. The monoisotopic (exact) mass is 320 g/mol. The van der Waals surface area contributed by atoms with Crippen molar-refractivity contribution in [1.82, 2.24) is 9.62 Å². The van der Waals surface area contributed by atoms with Crippen LogP contribution in [0.25, 0.3) is 0 Å². The van der Waals surface area contributed by atoms with E-state index in [0.717, 1.165) is 25.1 Å². The van der Waals surface area contributed by atoms with Gasteiger partial charge in [-0.15, -0.1) is 6.58 Å². The Labute approximate surface area is 133 Å². The molecule has 4 rings (SSSR count). The highest BCUT2D eigenvalue weighted by molar-refractivity contribution is 7.88. The second kappa shape index (κ2) is 6.52. The van der Waals surface area contributed by atoms with E-state index in [-0.39, 0.29) is 5.75 Å². The molecular formula is C17H24N2O2S. The van der Waals surface area contributed by atoms with E-state index in [1.54, 1.807) is 0 Å². The topological polar surface area (TPSA) is 49.4 Å². The van der Waals surface area contributed by atoms with Gasteiger partial charge in [0, 0.05) is 19.1 Å². The van der Waals surface area contributed by atoms with Gasteiger partial charge in [-0.2, -0.15) is 0 Å². The van der Waals surface area contributed by atoms with Crippen LogP contribution in [-0.4, -0.2) is 39.0 Å². The maximum Gasteiger partial charge on any atom is 0.215 e. The lowest BCUT2D eigenvalue weighted by atomic mass is 9.76. The summed E-state index contributed by atoms with van der Waals surface area (Å²) in [5.41, 5.74) is 0.826. The van der Waals surface area contributed by atoms with Gasteiger partial charge in [-0.25, -0.2) is 13.1 Å². The van der Waals surface area contributed by atoms with Crippen molar-refractivity contribution in [3.05, 3.63) is 48.6 Å². The number of fused-ring (bicyclic) bond motifs is 3. The van der Waals surface area contributed by atoms with Crippen LogP contribution in [0.5, 0.6) is 0 Å². The lowest BCUT2D eigenvalue weighted by molar-refractivity contribution is 0.0218. The van der Waals surface area contributed by atoms with Crippen molar-refractivity contribution < 1.29 is 8.42 Å². The van der Waals surface area contributed by atoms with E-state index in [1.165, 1.54) is 6.42 Å². The Morgan fingerprint density at radius 1 is 1.32 bits per heavy atom. The normalized spacial score (nSPS) is 31.1. The summed E-state index contributed by atoms with van der Waals surface area (Å²) in [6.45, 7) is 6.56. The summed E-state index contributed by atoms with van der Waals surface area (Å²) in [7, 11) is -3.27. The molecule has 4 atom stereocenters. The van der Waals surface area contributed by atoms with Crippen LogP contribution < -0.4 is 4.72 Å². The van der Waals surface area contributed by atoms with Gasteiger partial charge >= 0.3 is 0 Å². The third kappa shape index (κ3) is 3.59. The van der Waals surface area contributed by atoms with Crippen LogP contribution in [-0.2, 0) is 15.8 Å². The van der Waals surface area contributed by atoms with Crippen molar-refractivity contribution in [2.75, 3.05) is 19.6 Å². The molecule has 5 heteroatoms. The molecule has 4 nitrogen and oxygen atoms in total. The van der Waals surface area contributed by atoms with Crippen LogP contribution in [0.1, 0.15) is 18.4 Å². The maximum atomic E-state index is 12.2. The van der Waals surface area contributed by atoms with Crippen LogP contribution in [0.3, 0.4) is 0 Å². The molecule has 3 aliphatic rings. The van der Waals surface area contributed by atoms with Gasteiger partial charge in [0.05, 0.1) is 5.75 Å². The largest absolute Gasteiger partial charge is 0.298 e. The van der Waals surface area contributed by atoms with E-state index in [4.69, 9.17) is 0 Å². The molecule has 1 N–H and O–H groups in total. The second-order valence-corrected chi connectivity index (χ2v) is 8.23. The van der Waals surface area contributed by atoms with Crippen LogP contribution in [0, 0.1) is 11.8 Å². The fourth-order valence-electron chi connectivity index (χ4n) is 3.73. The van der Waals surface area contributed by atoms with Gasteiger partial charge < -0.3 is 0 Å². The minimum atomic E-state index is -3.27. The van der Waals surface area contributed by atoms with Gasteiger partial charge in [0.1, 0.15) is 0 Å². The number of hydrogen-bond donors (Lipinski definition) is 1. The van der Waals surface area contributed by atoms with Gasteiger partial charge in [-0.05, 0) is 36.8 Å². The highest BCUT2D eigenvalue weighted by atomic mass is 32.2. The number of piperidine rings is 3. The number of nitrogens with zero attached hydrogens (tertiary/aromatic N) is 1. The predicted molar refractivity (Wildman–Crippen MR) is 88.8 cm³/mol. The van der Waals surface area contributed by atoms with Crippen LogP contribution in [0.15, 0.2) is 43.0 Å². The molecule has 22 heavy (non-hydrogen) atoms. The Morgan fingerprint density at radius 3 is 2.73 bits per heavy atom. The average molecular weight is 320 g/mol. The molecule has 1 aromatic rings. The SMILES string of the molecule is C=CC1CN2CCC1CC2CNS(=O)(=O)Cc1ccccc1. The van der Waals surface area contributed by atoms with E-state index in [1.807, 2.05) is 30.3 Å². The maximum absolute atomic E-state index is 12.2. The first kappa shape index (κ1) is 15.7. The third-order valence-corrected chi connectivity index (χ3v) is 6.29. The minimum Gasteiger partial charge on any atom is -0.298 e. The predicted octanol–water partition coefficient (Wildman–Crippen LogP) is 2.00. The molecule has 3 fully saturated rings. The van der Waals surface area contributed by atoms with Gasteiger partial charge in [-0.3, -0.25) is 4.90 Å². The number of benzene rings is 1. The average Bonchev–Trinajstić information content (AvgIpc) is 2.54. The molecule has 0 saturated carbocycles. The van der Waals surface area contributed by atoms with E-state index < -0.39 is 10.0 Å². The molecule has 0 spiro atoms. The Balaban J connectivity index is 1.55. The summed E-state index contributed by atoms with van der Waals surface area (Å²) in [6, 6.07) is 9.66. The molecule has 1 aromatic carbocycles. The lowest BCUT2D eigenvalue weighted by Crippen LogP contribution is -2.56. The fraction of sp³-hybridized carbons (Fsp3) is 0.529. The molecule has 2 bridgehead atoms. The van der Waals surface area contributed by atoms with Crippen molar-refractivity contribution in [1.29, 1.82) is 0 Å². The lowest BCUT2D eigenvalue weighted by Gasteiger charge is -2.49. The summed E-state index contributed by atoms with van der Waals surface area (Å²) < 4.78 is 27.2. The molecule has 3 heterocycles.